The number of nitrogens with one attached hydrogen (secondary N) is 1. The third kappa shape index (κ3) is 4.13. The van der Waals surface area contributed by atoms with Gasteiger partial charge < -0.3 is 14.4 Å². The van der Waals surface area contributed by atoms with Crippen LogP contribution in [0.5, 0.6) is 5.75 Å². The van der Waals surface area contributed by atoms with Gasteiger partial charge in [-0.15, -0.1) is 0 Å². The van der Waals surface area contributed by atoms with Crippen LogP contribution in [0.2, 0.25) is 0 Å². The van der Waals surface area contributed by atoms with E-state index in [9.17, 15) is 18.8 Å². The predicted octanol–water partition coefficient (Wildman–Crippen LogP) is 2.34. The fraction of sp³-hybridized carbons (Fsp3) is 0.227. The Labute approximate surface area is 177 Å². The van der Waals surface area contributed by atoms with Crippen LogP contribution in [0.4, 0.5) is 20.6 Å². The SMILES string of the molecule is COc1cc(N2CCOCC2)ccc1C=C1C(=O)NC(=O)N(c2ccc(F)cc2)C1=O. The average molecular weight is 425 g/mol. The van der Waals surface area contributed by atoms with E-state index in [4.69, 9.17) is 9.47 Å². The third-order valence-corrected chi connectivity index (χ3v) is 5.08. The van der Waals surface area contributed by atoms with Crippen LogP contribution in [0, 0.1) is 5.82 Å². The van der Waals surface area contributed by atoms with Crippen LogP contribution in [-0.4, -0.2) is 51.3 Å². The predicted molar refractivity (Wildman–Crippen MR) is 111 cm³/mol. The van der Waals surface area contributed by atoms with Crippen LogP contribution in [0.1, 0.15) is 5.56 Å². The number of imide groups is 2. The molecule has 2 aliphatic heterocycles. The zero-order valence-electron chi connectivity index (χ0n) is 16.8. The Morgan fingerprint density at radius 3 is 2.39 bits per heavy atom. The Bertz CT molecular complexity index is 1060. The summed E-state index contributed by atoms with van der Waals surface area (Å²) in [6, 6.07) is 9.38. The Balaban J connectivity index is 1.67. The van der Waals surface area contributed by atoms with E-state index in [1.807, 2.05) is 12.1 Å². The lowest BCUT2D eigenvalue weighted by Crippen LogP contribution is -2.54. The van der Waals surface area contributed by atoms with Crippen molar-refractivity contribution in [1.82, 2.24) is 5.32 Å². The minimum atomic E-state index is -0.895. The standard InChI is InChI=1S/C22H20FN3O5/c1-30-19-13-17(25-8-10-31-11-9-25)5-2-14(19)12-18-20(27)24-22(29)26(21(18)28)16-6-3-15(23)4-7-16/h2-7,12-13H,8-11H2,1H3,(H,24,27,29). The largest absolute Gasteiger partial charge is 0.496 e. The lowest BCUT2D eigenvalue weighted by atomic mass is 10.0. The Morgan fingerprint density at radius 1 is 1.03 bits per heavy atom. The monoisotopic (exact) mass is 425 g/mol. The van der Waals surface area contributed by atoms with Crippen molar-refractivity contribution in [1.29, 1.82) is 0 Å². The van der Waals surface area contributed by atoms with Crippen molar-refractivity contribution in [3.63, 3.8) is 0 Å². The first-order chi connectivity index (χ1) is 15.0. The third-order valence-electron chi connectivity index (χ3n) is 5.08. The summed E-state index contributed by atoms with van der Waals surface area (Å²) >= 11 is 0. The van der Waals surface area contributed by atoms with Gasteiger partial charge in [-0.05, 0) is 42.5 Å². The van der Waals surface area contributed by atoms with Gasteiger partial charge in [0.15, 0.2) is 0 Å². The molecule has 0 radical (unpaired) electrons. The van der Waals surface area contributed by atoms with E-state index >= 15 is 0 Å². The van der Waals surface area contributed by atoms with E-state index < -0.39 is 23.7 Å². The van der Waals surface area contributed by atoms with Gasteiger partial charge in [0, 0.05) is 30.4 Å². The van der Waals surface area contributed by atoms with Crippen LogP contribution in [0.15, 0.2) is 48.0 Å². The van der Waals surface area contributed by atoms with Gasteiger partial charge in [-0.3, -0.25) is 14.9 Å². The van der Waals surface area contributed by atoms with Crippen molar-refractivity contribution >= 4 is 35.3 Å². The number of halogens is 1. The van der Waals surface area contributed by atoms with Gasteiger partial charge in [-0.2, -0.15) is 0 Å². The van der Waals surface area contributed by atoms with E-state index in [0.717, 1.165) is 35.8 Å². The Hall–Kier alpha value is -3.72. The molecule has 0 aromatic heterocycles. The fourth-order valence-corrected chi connectivity index (χ4v) is 3.47. The summed E-state index contributed by atoms with van der Waals surface area (Å²) in [5.41, 5.74) is 1.36. The molecule has 2 saturated heterocycles. The van der Waals surface area contributed by atoms with Crippen LogP contribution in [0.3, 0.4) is 0 Å². The molecule has 2 aromatic rings. The number of urea groups is 1. The molecule has 1 N–H and O–H groups in total. The molecule has 2 aromatic carbocycles. The van der Waals surface area contributed by atoms with Gasteiger partial charge in [0.1, 0.15) is 17.1 Å². The number of barbiturate groups is 1. The van der Waals surface area contributed by atoms with Crippen molar-refractivity contribution in [2.24, 2.45) is 0 Å². The summed E-state index contributed by atoms with van der Waals surface area (Å²) in [6.07, 6.45) is 1.38. The van der Waals surface area contributed by atoms with E-state index in [1.165, 1.54) is 25.3 Å². The molecule has 160 valence electrons. The average Bonchev–Trinajstić information content (AvgIpc) is 2.78. The molecule has 9 heteroatoms. The number of nitrogens with zero attached hydrogens (tertiary/aromatic N) is 2. The number of morpholine rings is 1. The number of carbonyl (C=O) groups excluding carboxylic acids is 3. The fourth-order valence-electron chi connectivity index (χ4n) is 3.47. The van der Waals surface area contributed by atoms with E-state index in [2.05, 4.69) is 10.2 Å². The molecule has 31 heavy (non-hydrogen) atoms. The van der Waals surface area contributed by atoms with Gasteiger partial charge in [0.2, 0.25) is 0 Å². The highest BCUT2D eigenvalue weighted by molar-refractivity contribution is 6.39. The van der Waals surface area contributed by atoms with Gasteiger partial charge >= 0.3 is 6.03 Å². The van der Waals surface area contributed by atoms with Gasteiger partial charge in [-0.1, -0.05) is 0 Å². The van der Waals surface area contributed by atoms with Crippen molar-refractivity contribution < 1.29 is 28.2 Å². The summed E-state index contributed by atoms with van der Waals surface area (Å²) in [4.78, 5) is 40.6. The smallest absolute Gasteiger partial charge is 0.335 e. The number of methoxy groups -OCH3 is 1. The van der Waals surface area contributed by atoms with Crippen LogP contribution >= 0.6 is 0 Å². The Kier molecular flexibility index (Phi) is 5.68. The highest BCUT2D eigenvalue weighted by atomic mass is 19.1. The Morgan fingerprint density at radius 2 is 1.71 bits per heavy atom. The molecule has 0 bridgehead atoms. The highest BCUT2D eigenvalue weighted by Gasteiger charge is 2.37. The second-order valence-electron chi connectivity index (χ2n) is 6.96. The topological polar surface area (TPSA) is 88.2 Å². The summed E-state index contributed by atoms with van der Waals surface area (Å²) < 4.78 is 24.1. The second-order valence-corrected chi connectivity index (χ2v) is 6.96. The summed E-state index contributed by atoms with van der Waals surface area (Å²) in [7, 11) is 1.50. The van der Waals surface area contributed by atoms with Crippen molar-refractivity contribution in [3.05, 3.63) is 59.4 Å². The molecule has 0 spiro atoms. The van der Waals surface area contributed by atoms with Gasteiger partial charge in [0.25, 0.3) is 11.8 Å². The summed E-state index contributed by atoms with van der Waals surface area (Å²) in [6.45, 7) is 2.77. The normalized spacial score (nSPS) is 18.4. The van der Waals surface area contributed by atoms with E-state index in [0.29, 0.717) is 24.5 Å². The summed E-state index contributed by atoms with van der Waals surface area (Å²) in [5.74, 6) is -1.65. The zero-order chi connectivity index (χ0) is 22.0. The number of benzene rings is 2. The maximum atomic E-state index is 13.2. The molecule has 0 unspecified atom stereocenters. The molecule has 0 aliphatic carbocycles. The van der Waals surface area contributed by atoms with Crippen LogP contribution in [-0.2, 0) is 14.3 Å². The lowest BCUT2D eigenvalue weighted by molar-refractivity contribution is -0.122. The number of hydrogen-bond acceptors (Lipinski definition) is 6. The van der Waals surface area contributed by atoms with Crippen molar-refractivity contribution in [2.45, 2.75) is 0 Å². The van der Waals surface area contributed by atoms with Crippen molar-refractivity contribution in [2.75, 3.05) is 43.2 Å². The second kappa shape index (κ2) is 8.57. The first-order valence-electron chi connectivity index (χ1n) is 9.65. The summed E-state index contributed by atoms with van der Waals surface area (Å²) in [5, 5.41) is 2.15. The molecule has 2 aliphatic rings. The zero-order valence-corrected chi connectivity index (χ0v) is 16.8. The maximum Gasteiger partial charge on any atom is 0.335 e. The van der Waals surface area contributed by atoms with E-state index in [-0.39, 0.29) is 11.3 Å². The van der Waals surface area contributed by atoms with Gasteiger partial charge in [0.05, 0.1) is 26.0 Å². The molecule has 0 atom stereocenters. The number of carbonyl (C=O) groups is 3. The van der Waals surface area contributed by atoms with Crippen molar-refractivity contribution in [3.8, 4) is 5.75 Å². The lowest BCUT2D eigenvalue weighted by Gasteiger charge is -2.29. The molecule has 4 amide bonds. The molecular weight excluding hydrogens is 405 g/mol. The number of rotatable bonds is 4. The first kappa shape index (κ1) is 20.5. The minimum absolute atomic E-state index is 0.150. The molecular formula is C22H20FN3O5. The maximum absolute atomic E-state index is 13.2. The minimum Gasteiger partial charge on any atom is -0.496 e. The molecule has 8 nitrogen and oxygen atoms in total. The molecule has 2 heterocycles. The highest BCUT2D eigenvalue weighted by Crippen LogP contribution is 2.29. The number of ether oxygens (including phenoxy) is 2. The van der Waals surface area contributed by atoms with Crippen LogP contribution in [0.25, 0.3) is 6.08 Å². The first-order valence-corrected chi connectivity index (χ1v) is 9.65. The quantitative estimate of drug-likeness (QED) is 0.598. The molecule has 0 saturated carbocycles. The molecule has 4 rings (SSSR count). The number of hydrogen-bond donors (Lipinski definition) is 1. The van der Waals surface area contributed by atoms with Crippen LogP contribution < -0.4 is 19.9 Å². The number of anilines is 2. The molecule has 2 fully saturated rings. The van der Waals surface area contributed by atoms with Gasteiger partial charge in [-0.25, -0.2) is 14.1 Å². The number of amides is 4. The van der Waals surface area contributed by atoms with E-state index in [1.54, 1.807) is 6.07 Å².